The molecule has 0 saturated heterocycles. The molecule has 0 amide bonds. The highest BCUT2D eigenvalue weighted by molar-refractivity contribution is 6.29. The first-order chi connectivity index (χ1) is 11.1. The fourth-order valence-electron chi connectivity index (χ4n) is 2.55. The molecule has 0 unspecified atom stereocenters. The summed E-state index contributed by atoms with van der Waals surface area (Å²) in [6, 6.07) is 7.88. The summed E-state index contributed by atoms with van der Waals surface area (Å²) in [6.45, 7) is 1.90. The minimum absolute atomic E-state index is 0.482. The van der Waals surface area contributed by atoms with Gasteiger partial charge in [-0.25, -0.2) is 9.97 Å². The molecule has 0 atom stereocenters. The number of nitrogens with one attached hydrogen (secondary N) is 2. The summed E-state index contributed by atoms with van der Waals surface area (Å²) in [5.41, 5.74) is 2.98. The summed E-state index contributed by atoms with van der Waals surface area (Å²) in [5.74, 6) is 0.796. The van der Waals surface area contributed by atoms with Crippen molar-refractivity contribution in [2.24, 2.45) is 0 Å². The summed E-state index contributed by atoms with van der Waals surface area (Å²) >= 11 is 6.20. The lowest BCUT2D eigenvalue weighted by Gasteiger charge is -2.11. The van der Waals surface area contributed by atoms with Crippen LogP contribution in [0.2, 0.25) is 5.15 Å². The van der Waals surface area contributed by atoms with Crippen LogP contribution in [0.15, 0.2) is 36.7 Å². The maximum absolute atomic E-state index is 6.20. The summed E-state index contributed by atoms with van der Waals surface area (Å²) in [4.78, 5) is 14.0. The quantitative estimate of drug-likeness (QED) is 0.535. The van der Waals surface area contributed by atoms with E-state index in [1.807, 2.05) is 30.5 Å². The zero-order chi connectivity index (χ0) is 16.2. The van der Waals surface area contributed by atoms with E-state index in [2.05, 4.69) is 39.3 Å². The lowest BCUT2D eigenvalue weighted by molar-refractivity contribution is 0.405. The number of hydrogen-bond donors (Lipinski definition) is 2. The van der Waals surface area contributed by atoms with Crippen molar-refractivity contribution in [3.8, 4) is 11.1 Å². The molecule has 0 aliphatic rings. The van der Waals surface area contributed by atoms with Gasteiger partial charge in [-0.15, -0.1) is 0 Å². The third-order valence-electron chi connectivity index (χ3n) is 3.64. The third kappa shape index (κ3) is 3.81. The van der Waals surface area contributed by atoms with Gasteiger partial charge < -0.3 is 15.2 Å². The number of anilines is 1. The molecule has 0 saturated carbocycles. The van der Waals surface area contributed by atoms with Crippen molar-refractivity contribution in [1.29, 1.82) is 0 Å². The number of halogens is 1. The van der Waals surface area contributed by atoms with Crippen molar-refractivity contribution in [2.75, 3.05) is 32.5 Å². The molecule has 120 valence electrons. The maximum Gasteiger partial charge on any atom is 0.137 e. The Morgan fingerprint density at radius 2 is 2.17 bits per heavy atom. The number of rotatable bonds is 6. The lowest BCUT2D eigenvalue weighted by Crippen LogP contribution is -2.16. The van der Waals surface area contributed by atoms with E-state index in [0.29, 0.717) is 5.15 Å². The Bertz CT molecular complexity index is 797. The van der Waals surface area contributed by atoms with Crippen LogP contribution in [0.4, 0.5) is 5.82 Å². The van der Waals surface area contributed by atoms with Crippen LogP contribution in [0.5, 0.6) is 0 Å². The molecule has 3 aromatic heterocycles. The predicted octanol–water partition coefficient (Wildman–Crippen LogP) is 3.64. The second-order valence-corrected chi connectivity index (χ2v) is 6.14. The van der Waals surface area contributed by atoms with Crippen LogP contribution in [0.1, 0.15) is 6.42 Å². The van der Waals surface area contributed by atoms with Gasteiger partial charge in [0.1, 0.15) is 16.6 Å². The van der Waals surface area contributed by atoms with Crippen LogP contribution in [-0.4, -0.2) is 47.0 Å². The first-order valence-corrected chi connectivity index (χ1v) is 8.00. The molecule has 0 aromatic carbocycles. The Hall–Kier alpha value is -2.11. The van der Waals surface area contributed by atoms with E-state index in [-0.39, 0.29) is 0 Å². The molecule has 0 spiro atoms. The van der Waals surface area contributed by atoms with E-state index in [0.717, 1.165) is 47.5 Å². The van der Waals surface area contributed by atoms with Crippen LogP contribution >= 0.6 is 11.6 Å². The Morgan fingerprint density at radius 1 is 1.30 bits per heavy atom. The normalized spacial score (nSPS) is 11.3. The maximum atomic E-state index is 6.20. The van der Waals surface area contributed by atoms with Crippen molar-refractivity contribution in [2.45, 2.75) is 6.42 Å². The average molecular weight is 330 g/mol. The van der Waals surface area contributed by atoms with Gasteiger partial charge in [0.25, 0.3) is 0 Å². The van der Waals surface area contributed by atoms with Crippen LogP contribution in [0.3, 0.4) is 0 Å². The van der Waals surface area contributed by atoms with Gasteiger partial charge in [0.05, 0.1) is 0 Å². The van der Waals surface area contributed by atoms with Gasteiger partial charge in [-0.3, -0.25) is 0 Å². The Balaban J connectivity index is 1.83. The molecular formula is C17H20ClN5. The molecule has 23 heavy (non-hydrogen) atoms. The second kappa shape index (κ2) is 6.98. The van der Waals surface area contributed by atoms with Gasteiger partial charge in [0.15, 0.2) is 0 Å². The fraction of sp³-hybridized carbons (Fsp3) is 0.294. The van der Waals surface area contributed by atoms with Crippen molar-refractivity contribution in [1.82, 2.24) is 19.9 Å². The van der Waals surface area contributed by atoms with Gasteiger partial charge in [-0.05, 0) is 56.9 Å². The van der Waals surface area contributed by atoms with Gasteiger partial charge in [0.2, 0.25) is 0 Å². The number of aromatic amines is 1. The Morgan fingerprint density at radius 3 is 3.00 bits per heavy atom. The van der Waals surface area contributed by atoms with Gasteiger partial charge in [-0.2, -0.15) is 0 Å². The van der Waals surface area contributed by atoms with E-state index in [4.69, 9.17) is 11.6 Å². The molecule has 2 N–H and O–H groups in total. The molecule has 6 heteroatoms. The first-order valence-electron chi connectivity index (χ1n) is 7.62. The van der Waals surface area contributed by atoms with E-state index >= 15 is 0 Å². The van der Waals surface area contributed by atoms with Gasteiger partial charge in [-0.1, -0.05) is 11.6 Å². The molecule has 3 heterocycles. The minimum Gasteiger partial charge on any atom is -0.370 e. The lowest BCUT2D eigenvalue weighted by atomic mass is 10.1. The van der Waals surface area contributed by atoms with E-state index < -0.39 is 0 Å². The summed E-state index contributed by atoms with van der Waals surface area (Å²) < 4.78 is 0. The van der Waals surface area contributed by atoms with E-state index in [1.54, 1.807) is 6.20 Å². The topological polar surface area (TPSA) is 56.8 Å². The Labute approximate surface area is 140 Å². The van der Waals surface area contributed by atoms with Gasteiger partial charge in [0, 0.05) is 29.9 Å². The fourth-order valence-corrected chi connectivity index (χ4v) is 2.76. The highest BCUT2D eigenvalue weighted by Crippen LogP contribution is 2.30. The SMILES string of the molecule is CN(C)CCCNc1cc(-c2c[nH]c3ncccc23)cc(Cl)n1. The van der Waals surface area contributed by atoms with Crippen LogP contribution in [0, 0.1) is 0 Å². The second-order valence-electron chi connectivity index (χ2n) is 5.75. The molecule has 3 aromatic rings. The zero-order valence-electron chi connectivity index (χ0n) is 13.3. The summed E-state index contributed by atoms with van der Waals surface area (Å²) in [5, 5.41) is 4.90. The third-order valence-corrected chi connectivity index (χ3v) is 3.84. The Kier molecular flexibility index (Phi) is 4.79. The highest BCUT2D eigenvalue weighted by Gasteiger charge is 2.09. The zero-order valence-corrected chi connectivity index (χ0v) is 14.1. The summed E-state index contributed by atoms with van der Waals surface area (Å²) in [7, 11) is 4.14. The van der Waals surface area contributed by atoms with Gasteiger partial charge >= 0.3 is 0 Å². The molecule has 0 fully saturated rings. The molecular weight excluding hydrogens is 310 g/mol. The van der Waals surface area contributed by atoms with Crippen LogP contribution < -0.4 is 5.32 Å². The molecule has 5 nitrogen and oxygen atoms in total. The largest absolute Gasteiger partial charge is 0.370 e. The van der Waals surface area contributed by atoms with Crippen molar-refractivity contribution < 1.29 is 0 Å². The number of hydrogen-bond acceptors (Lipinski definition) is 4. The molecule has 0 aliphatic heterocycles. The van der Waals surface area contributed by atoms with E-state index in [9.17, 15) is 0 Å². The number of fused-ring (bicyclic) bond motifs is 1. The number of nitrogens with zero attached hydrogens (tertiary/aromatic N) is 3. The number of pyridine rings is 2. The smallest absolute Gasteiger partial charge is 0.137 e. The van der Waals surface area contributed by atoms with E-state index in [1.165, 1.54) is 0 Å². The molecule has 0 aliphatic carbocycles. The standard InChI is InChI=1S/C17H20ClN5/c1-23(2)8-4-7-19-16-10-12(9-15(18)22-16)14-11-21-17-13(14)5-3-6-20-17/h3,5-6,9-11H,4,7-8H2,1-2H3,(H,19,22)(H,20,21). The highest BCUT2D eigenvalue weighted by atomic mass is 35.5. The van der Waals surface area contributed by atoms with Crippen molar-refractivity contribution in [3.63, 3.8) is 0 Å². The predicted molar refractivity (Wildman–Crippen MR) is 96.0 cm³/mol. The average Bonchev–Trinajstić information content (AvgIpc) is 2.95. The molecule has 0 bridgehead atoms. The summed E-state index contributed by atoms with van der Waals surface area (Å²) in [6.07, 6.45) is 4.78. The molecule has 0 radical (unpaired) electrons. The number of aromatic nitrogens is 3. The number of H-pyrrole nitrogens is 1. The van der Waals surface area contributed by atoms with Crippen LogP contribution in [0.25, 0.3) is 22.2 Å². The molecule has 3 rings (SSSR count). The first kappa shape index (κ1) is 15.8. The van der Waals surface area contributed by atoms with Crippen LogP contribution in [-0.2, 0) is 0 Å². The van der Waals surface area contributed by atoms with Crippen molar-refractivity contribution >= 4 is 28.5 Å². The minimum atomic E-state index is 0.482. The van der Waals surface area contributed by atoms with Crippen molar-refractivity contribution in [3.05, 3.63) is 41.8 Å². The monoisotopic (exact) mass is 329 g/mol.